The van der Waals surface area contributed by atoms with Crippen molar-refractivity contribution in [2.75, 3.05) is 25.5 Å². The molecule has 0 radical (unpaired) electrons. The molecule has 1 saturated heterocycles. The van der Waals surface area contributed by atoms with Crippen LogP contribution in [-0.4, -0.2) is 31.1 Å². The highest BCUT2D eigenvalue weighted by Crippen LogP contribution is 2.18. The van der Waals surface area contributed by atoms with Gasteiger partial charge in [-0.1, -0.05) is 6.42 Å². The summed E-state index contributed by atoms with van der Waals surface area (Å²) >= 11 is 0. The van der Waals surface area contributed by atoms with Crippen LogP contribution in [0, 0.1) is 22.7 Å². The lowest BCUT2D eigenvalue weighted by molar-refractivity contribution is 0.194. The molecule has 2 rings (SSSR count). The molecule has 0 aromatic heterocycles. The van der Waals surface area contributed by atoms with Crippen LogP contribution in [0.4, 0.5) is 5.69 Å². The van der Waals surface area contributed by atoms with Gasteiger partial charge in [0.25, 0.3) is 0 Å². The second kappa shape index (κ2) is 6.22. The lowest BCUT2D eigenvalue weighted by Gasteiger charge is -2.32. The van der Waals surface area contributed by atoms with E-state index in [1.54, 1.807) is 12.1 Å². The van der Waals surface area contributed by atoms with Crippen molar-refractivity contribution in [3.63, 3.8) is 0 Å². The Morgan fingerprint density at radius 1 is 1.26 bits per heavy atom. The first-order valence-electron chi connectivity index (χ1n) is 6.63. The summed E-state index contributed by atoms with van der Waals surface area (Å²) in [5.41, 5.74) is 1.78. The largest absolute Gasteiger partial charge is 0.383 e. The highest BCUT2D eigenvalue weighted by atomic mass is 15.2. The van der Waals surface area contributed by atoms with Gasteiger partial charge in [0.1, 0.15) is 12.1 Å². The number of anilines is 1. The third-order valence-corrected chi connectivity index (χ3v) is 3.72. The summed E-state index contributed by atoms with van der Waals surface area (Å²) < 4.78 is 0. The van der Waals surface area contributed by atoms with Crippen LogP contribution in [0.1, 0.15) is 30.4 Å². The average molecular weight is 254 g/mol. The van der Waals surface area contributed by atoms with E-state index in [-0.39, 0.29) is 0 Å². The number of rotatable bonds is 3. The Morgan fingerprint density at radius 3 is 2.74 bits per heavy atom. The number of hydrogen-bond donors (Lipinski definition) is 1. The van der Waals surface area contributed by atoms with Gasteiger partial charge in [-0.05, 0) is 44.6 Å². The topological polar surface area (TPSA) is 62.9 Å². The molecular formula is C15H18N4. The first-order chi connectivity index (χ1) is 9.24. The molecule has 0 bridgehead atoms. The molecule has 0 amide bonds. The molecule has 0 spiro atoms. The molecule has 4 nitrogen and oxygen atoms in total. The molecule has 1 heterocycles. The van der Waals surface area contributed by atoms with Gasteiger partial charge < -0.3 is 10.2 Å². The minimum Gasteiger partial charge on any atom is -0.383 e. The molecule has 19 heavy (non-hydrogen) atoms. The van der Waals surface area contributed by atoms with Gasteiger partial charge >= 0.3 is 0 Å². The van der Waals surface area contributed by atoms with Crippen LogP contribution in [0.2, 0.25) is 0 Å². The minimum atomic E-state index is 0.433. The summed E-state index contributed by atoms with van der Waals surface area (Å²) in [6.07, 6.45) is 3.78. The van der Waals surface area contributed by atoms with Crippen molar-refractivity contribution >= 4 is 5.69 Å². The Hall–Kier alpha value is -2.04. The van der Waals surface area contributed by atoms with E-state index in [1.165, 1.54) is 19.3 Å². The van der Waals surface area contributed by atoms with Crippen LogP contribution >= 0.6 is 0 Å². The number of nitriles is 2. The van der Waals surface area contributed by atoms with Crippen LogP contribution in [0.15, 0.2) is 18.2 Å². The SMILES string of the molecule is CN1CCCCC1CNc1ccc(C#N)c(C#N)c1. The number of likely N-dealkylation sites (tertiary alicyclic amines) is 1. The van der Waals surface area contributed by atoms with Crippen molar-refractivity contribution in [1.82, 2.24) is 4.90 Å². The molecule has 1 N–H and O–H groups in total. The molecule has 1 unspecified atom stereocenters. The second-order valence-corrected chi connectivity index (χ2v) is 5.00. The van der Waals surface area contributed by atoms with Crippen molar-refractivity contribution in [3.05, 3.63) is 29.3 Å². The number of nitrogens with one attached hydrogen (secondary N) is 1. The Bertz CT molecular complexity index is 524. The van der Waals surface area contributed by atoms with Gasteiger partial charge in [0, 0.05) is 18.3 Å². The van der Waals surface area contributed by atoms with Crippen molar-refractivity contribution in [3.8, 4) is 12.1 Å². The number of benzene rings is 1. The van der Waals surface area contributed by atoms with Crippen molar-refractivity contribution < 1.29 is 0 Å². The summed E-state index contributed by atoms with van der Waals surface area (Å²) in [5.74, 6) is 0. The van der Waals surface area contributed by atoms with Gasteiger partial charge in [0.05, 0.1) is 11.1 Å². The first kappa shape index (κ1) is 13.4. The van der Waals surface area contributed by atoms with Gasteiger partial charge in [-0.2, -0.15) is 10.5 Å². The highest BCUT2D eigenvalue weighted by molar-refractivity contribution is 5.56. The third-order valence-electron chi connectivity index (χ3n) is 3.72. The fourth-order valence-corrected chi connectivity index (χ4v) is 2.48. The molecular weight excluding hydrogens is 236 g/mol. The maximum absolute atomic E-state index is 9.00. The van der Waals surface area contributed by atoms with Gasteiger partial charge in [-0.3, -0.25) is 0 Å². The van der Waals surface area contributed by atoms with E-state index in [2.05, 4.69) is 23.3 Å². The maximum atomic E-state index is 9.00. The monoisotopic (exact) mass is 254 g/mol. The Labute approximate surface area is 114 Å². The van der Waals surface area contributed by atoms with E-state index >= 15 is 0 Å². The van der Waals surface area contributed by atoms with Gasteiger partial charge in [0.2, 0.25) is 0 Å². The van der Waals surface area contributed by atoms with Crippen LogP contribution in [0.3, 0.4) is 0 Å². The van der Waals surface area contributed by atoms with Crippen LogP contribution in [0.5, 0.6) is 0 Å². The molecule has 1 atom stereocenters. The molecule has 1 fully saturated rings. The van der Waals surface area contributed by atoms with E-state index in [4.69, 9.17) is 10.5 Å². The summed E-state index contributed by atoms with van der Waals surface area (Å²) in [6.45, 7) is 2.04. The van der Waals surface area contributed by atoms with Crippen LogP contribution in [0.25, 0.3) is 0 Å². The van der Waals surface area contributed by atoms with E-state index in [1.807, 2.05) is 12.1 Å². The maximum Gasteiger partial charge on any atom is 0.101 e. The fraction of sp³-hybridized carbons (Fsp3) is 0.467. The second-order valence-electron chi connectivity index (χ2n) is 5.00. The third kappa shape index (κ3) is 3.24. The predicted molar refractivity (Wildman–Crippen MR) is 74.6 cm³/mol. The zero-order valence-electron chi connectivity index (χ0n) is 11.2. The van der Waals surface area contributed by atoms with Gasteiger partial charge in [-0.25, -0.2) is 0 Å². The Morgan fingerprint density at radius 2 is 2.05 bits per heavy atom. The standard InChI is InChI=1S/C15H18N4/c1-19-7-3-2-4-15(19)11-18-14-6-5-12(9-16)13(8-14)10-17/h5-6,8,15,18H,2-4,7,11H2,1H3. The van der Waals surface area contributed by atoms with Crippen molar-refractivity contribution in [2.45, 2.75) is 25.3 Å². The summed E-state index contributed by atoms with van der Waals surface area (Å²) in [4.78, 5) is 2.38. The highest BCUT2D eigenvalue weighted by Gasteiger charge is 2.18. The van der Waals surface area contributed by atoms with Crippen molar-refractivity contribution in [2.24, 2.45) is 0 Å². The number of nitrogens with zero attached hydrogens (tertiary/aromatic N) is 3. The number of likely N-dealkylation sites (N-methyl/N-ethyl adjacent to an activating group) is 1. The minimum absolute atomic E-state index is 0.433. The molecule has 1 aliphatic heterocycles. The summed E-state index contributed by atoms with van der Waals surface area (Å²) in [5, 5.41) is 21.2. The zero-order valence-corrected chi connectivity index (χ0v) is 11.2. The Balaban J connectivity index is 2.00. The molecule has 0 aliphatic carbocycles. The number of piperidine rings is 1. The average Bonchev–Trinajstić information content (AvgIpc) is 2.46. The lowest BCUT2D eigenvalue weighted by atomic mass is 10.0. The first-order valence-corrected chi connectivity index (χ1v) is 6.63. The predicted octanol–water partition coefficient (Wildman–Crippen LogP) is 2.33. The van der Waals surface area contributed by atoms with Crippen LogP contribution < -0.4 is 5.32 Å². The van der Waals surface area contributed by atoms with Crippen LogP contribution in [-0.2, 0) is 0 Å². The molecule has 1 aromatic carbocycles. The van der Waals surface area contributed by atoms with E-state index < -0.39 is 0 Å². The summed E-state index contributed by atoms with van der Waals surface area (Å²) in [6, 6.07) is 9.95. The van der Waals surface area contributed by atoms with Gasteiger partial charge in [-0.15, -0.1) is 0 Å². The number of hydrogen-bond acceptors (Lipinski definition) is 4. The van der Waals surface area contributed by atoms with Gasteiger partial charge in [0.15, 0.2) is 0 Å². The molecule has 98 valence electrons. The van der Waals surface area contributed by atoms with E-state index in [0.717, 1.165) is 18.8 Å². The molecule has 1 aliphatic rings. The van der Waals surface area contributed by atoms with E-state index in [9.17, 15) is 0 Å². The fourth-order valence-electron chi connectivity index (χ4n) is 2.48. The quantitative estimate of drug-likeness (QED) is 0.899. The van der Waals surface area contributed by atoms with Crippen molar-refractivity contribution in [1.29, 1.82) is 10.5 Å². The normalized spacial score (nSPS) is 19.4. The smallest absolute Gasteiger partial charge is 0.101 e. The molecule has 0 saturated carbocycles. The molecule has 4 heteroatoms. The van der Waals surface area contributed by atoms with E-state index in [0.29, 0.717) is 17.2 Å². The lowest BCUT2D eigenvalue weighted by Crippen LogP contribution is -2.40. The summed E-state index contributed by atoms with van der Waals surface area (Å²) in [7, 11) is 2.16. The Kier molecular flexibility index (Phi) is 4.39. The molecule has 1 aromatic rings. The zero-order chi connectivity index (χ0) is 13.7.